The van der Waals surface area contributed by atoms with Gasteiger partial charge in [-0.25, -0.2) is 4.79 Å². The standard InChI is InChI=1S/C28H29B2N3O3/c1-17-3-10-24(18(2)13-17)27(35)36-28(29,30)22-7-4-19(5-8-22)25(15-31)26(34)33-23-9-6-21-16-32-12-11-20(21)14-23/h3-14,16,25H,15,29-31H2,1-2H3,(H,33,34)/t25-/m1/s1. The van der Waals surface area contributed by atoms with E-state index in [9.17, 15) is 9.59 Å². The number of nitrogens with two attached hydrogens (primary N) is 1. The van der Waals surface area contributed by atoms with Crippen molar-refractivity contribution in [2.75, 3.05) is 11.9 Å². The lowest BCUT2D eigenvalue weighted by molar-refractivity contribution is -0.117. The largest absolute Gasteiger partial charge is 0.470 e. The van der Waals surface area contributed by atoms with Gasteiger partial charge in [-0.15, -0.1) is 0 Å². The van der Waals surface area contributed by atoms with Crippen LogP contribution in [0.4, 0.5) is 5.69 Å². The van der Waals surface area contributed by atoms with Crippen LogP contribution in [0.5, 0.6) is 0 Å². The molecule has 0 fully saturated rings. The van der Waals surface area contributed by atoms with Crippen molar-refractivity contribution in [3.8, 4) is 0 Å². The van der Waals surface area contributed by atoms with Gasteiger partial charge in [-0.2, -0.15) is 0 Å². The van der Waals surface area contributed by atoms with Crippen LogP contribution in [-0.4, -0.2) is 39.1 Å². The van der Waals surface area contributed by atoms with E-state index in [-0.39, 0.29) is 18.4 Å². The molecule has 0 saturated heterocycles. The van der Waals surface area contributed by atoms with Gasteiger partial charge in [-0.3, -0.25) is 9.78 Å². The average Bonchev–Trinajstić information content (AvgIpc) is 2.84. The molecule has 3 aromatic carbocycles. The number of ether oxygens (including phenoxy) is 1. The molecule has 0 radical (unpaired) electrons. The summed E-state index contributed by atoms with van der Waals surface area (Å²) in [6.45, 7) is 4.05. The van der Waals surface area contributed by atoms with E-state index in [2.05, 4.69) is 10.3 Å². The molecule has 0 aliphatic rings. The Morgan fingerprint density at radius 1 is 1.00 bits per heavy atom. The van der Waals surface area contributed by atoms with E-state index >= 15 is 0 Å². The lowest BCUT2D eigenvalue weighted by atomic mass is 9.61. The minimum absolute atomic E-state index is 0.160. The number of rotatable bonds is 7. The summed E-state index contributed by atoms with van der Waals surface area (Å²) in [7, 11) is 3.71. The first-order valence-corrected chi connectivity index (χ1v) is 11.9. The van der Waals surface area contributed by atoms with E-state index in [4.69, 9.17) is 10.5 Å². The van der Waals surface area contributed by atoms with Crippen LogP contribution in [0.3, 0.4) is 0 Å². The lowest BCUT2D eigenvalue weighted by Crippen LogP contribution is -2.34. The van der Waals surface area contributed by atoms with Gasteiger partial charge in [0.1, 0.15) is 0 Å². The van der Waals surface area contributed by atoms with Gasteiger partial charge in [-0.1, -0.05) is 48.0 Å². The Balaban J connectivity index is 1.47. The third kappa shape index (κ3) is 5.50. The molecule has 1 aromatic heterocycles. The van der Waals surface area contributed by atoms with Gasteiger partial charge in [0.2, 0.25) is 5.91 Å². The predicted molar refractivity (Wildman–Crippen MR) is 149 cm³/mol. The maximum absolute atomic E-state index is 13.0. The maximum Gasteiger partial charge on any atom is 0.337 e. The number of esters is 1. The first kappa shape index (κ1) is 25.2. The number of carbonyl (C=O) groups is 2. The second-order valence-corrected chi connectivity index (χ2v) is 9.56. The number of anilines is 1. The number of amides is 1. The number of carbonyl (C=O) groups excluding carboxylic acids is 2. The van der Waals surface area contributed by atoms with Gasteiger partial charge in [0.25, 0.3) is 0 Å². The first-order chi connectivity index (χ1) is 17.2. The summed E-state index contributed by atoms with van der Waals surface area (Å²) < 4.78 is 5.87. The van der Waals surface area contributed by atoms with Crippen molar-refractivity contribution in [2.45, 2.75) is 25.2 Å². The van der Waals surface area contributed by atoms with Crippen molar-refractivity contribution in [3.63, 3.8) is 0 Å². The Kier molecular flexibility index (Phi) is 7.27. The highest BCUT2D eigenvalue weighted by Crippen LogP contribution is 2.26. The molecule has 3 N–H and O–H groups in total. The minimum Gasteiger partial charge on any atom is -0.470 e. The SMILES string of the molecule is BC(B)(OC(=O)c1ccc(C)cc1C)c1ccc([C@@H](CN)C(=O)Nc2ccc3cnccc3c2)cc1. The number of fused-ring (bicyclic) bond motifs is 1. The molecule has 0 aliphatic heterocycles. The van der Waals surface area contributed by atoms with Crippen molar-refractivity contribution in [3.05, 3.63) is 107 Å². The quantitative estimate of drug-likeness (QED) is 0.316. The van der Waals surface area contributed by atoms with Crippen LogP contribution in [-0.2, 0) is 14.9 Å². The number of aromatic nitrogens is 1. The summed E-state index contributed by atoms with van der Waals surface area (Å²) in [4.78, 5) is 30.0. The molecule has 4 aromatic rings. The van der Waals surface area contributed by atoms with E-state index in [0.717, 1.165) is 33.0 Å². The molecule has 4 rings (SSSR count). The Morgan fingerprint density at radius 3 is 2.44 bits per heavy atom. The highest BCUT2D eigenvalue weighted by molar-refractivity contribution is 6.39. The summed E-state index contributed by atoms with van der Waals surface area (Å²) in [5.41, 5.74) is 10.8. The molecule has 1 amide bonds. The van der Waals surface area contributed by atoms with Crippen LogP contribution in [0.25, 0.3) is 10.8 Å². The molecule has 36 heavy (non-hydrogen) atoms. The average molecular weight is 477 g/mol. The van der Waals surface area contributed by atoms with Crippen LogP contribution in [0.15, 0.2) is 79.1 Å². The van der Waals surface area contributed by atoms with Crippen LogP contribution in [0.2, 0.25) is 0 Å². The van der Waals surface area contributed by atoms with Gasteiger partial charge < -0.3 is 15.8 Å². The monoisotopic (exact) mass is 477 g/mol. The molecule has 180 valence electrons. The zero-order chi connectivity index (χ0) is 25.9. The van der Waals surface area contributed by atoms with Crippen LogP contribution >= 0.6 is 0 Å². The Labute approximate surface area is 213 Å². The third-order valence-electron chi connectivity index (χ3n) is 6.42. The Bertz CT molecular complexity index is 1420. The lowest BCUT2D eigenvalue weighted by Gasteiger charge is -2.27. The molecule has 0 bridgehead atoms. The summed E-state index contributed by atoms with van der Waals surface area (Å²) in [5.74, 6) is -1.07. The fraction of sp³-hybridized carbons (Fsp3) is 0.179. The molecule has 0 unspecified atom stereocenters. The van der Waals surface area contributed by atoms with Crippen LogP contribution in [0.1, 0.15) is 38.5 Å². The predicted octanol–water partition coefficient (Wildman–Crippen LogP) is 2.77. The Morgan fingerprint density at radius 2 is 1.75 bits per heavy atom. The molecule has 0 spiro atoms. The summed E-state index contributed by atoms with van der Waals surface area (Å²) >= 11 is 0. The summed E-state index contributed by atoms with van der Waals surface area (Å²) in [6, 6.07) is 20.7. The number of nitrogens with one attached hydrogen (secondary N) is 1. The highest BCUT2D eigenvalue weighted by atomic mass is 16.5. The number of benzene rings is 3. The van der Waals surface area contributed by atoms with Gasteiger partial charge >= 0.3 is 5.97 Å². The van der Waals surface area contributed by atoms with Gasteiger partial charge in [0.15, 0.2) is 15.7 Å². The highest BCUT2D eigenvalue weighted by Gasteiger charge is 2.27. The minimum atomic E-state index is -0.854. The zero-order valence-corrected chi connectivity index (χ0v) is 21.0. The normalized spacial score (nSPS) is 12.2. The smallest absolute Gasteiger partial charge is 0.337 e. The molecule has 1 heterocycles. The fourth-order valence-electron chi connectivity index (χ4n) is 4.29. The van der Waals surface area contributed by atoms with Crippen molar-refractivity contribution in [2.24, 2.45) is 5.73 Å². The van der Waals surface area contributed by atoms with Gasteiger partial charge in [0, 0.05) is 30.0 Å². The van der Waals surface area contributed by atoms with E-state index < -0.39 is 11.3 Å². The maximum atomic E-state index is 13.0. The molecule has 0 saturated carbocycles. The summed E-state index contributed by atoms with van der Waals surface area (Å²) in [5, 5.41) is 4.12. The number of pyridine rings is 1. The first-order valence-electron chi connectivity index (χ1n) is 11.9. The van der Waals surface area contributed by atoms with Crippen molar-refractivity contribution in [1.29, 1.82) is 0 Å². The van der Waals surface area contributed by atoms with Crippen molar-refractivity contribution < 1.29 is 14.3 Å². The fourth-order valence-corrected chi connectivity index (χ4v) is 4.29. The summed E-state index contributed by atoms with van der Waals surface area (Å²) in [6.07, 6.45) is 3.50. The molecular weight excluding hydrogens is 448 g/mol. The second kappa shape index (κ2) is 10.4. The van der Waals surface area contributed by atoms with Crippen molar-refractivity contribution in [1.82, 2.24) is 4.98 Å². The second-order valence-electron chi connectivity index (χ2n) is 9.56. The van der Waals surface area contributed by atoms with E-state index in [1.54, 1.807) is 18.5 Å². The molecule has 6 nitrogen and oxygen atoms in total. The molecule has 8 heteroatoms. The van der Waals surface area contributed by atoms with E-state index in [1.165, 1.54) is 0 Å². The Hall–Kier alpha value is -3.90. The number of aryl methyl sites for hydroxylation is 2. The number of nitrogens with zero attached hydrogens (tertiary/aromatic N) is 1. The topological polar surface area (TPSA) is 94.3 Å². The molecular formula is C28H29B2N3O3. The number of hydrogen-bond donors (Lipinski definition) is 2. The molecule has 1 atom stereocenters. The van der Waals surface area contributed by atoms with Gasteiger partial charge in [-0.05, 0) is 60.2 Å². The third-order valence-corrected chi connectivity index (χ3v) is 6.42. The van der Waals surface area contributed by atoms with E-state index in [0.29, 0.717) is 11.3 Å². The molecule has 0 aliphatic carbocycles. The number of hydrogen-bond acceptors (Lipinski definition) is 5. The van der Waals surface area contributed by atoms with Gasteiger partial charge in [0.05, 0.1) is 16.9 Å². The zero-order valence-electron chi connectivity index (χ0n) is 21.0. The van der Waals surface area contributed by atoms with Crippen LogP contribution in [0, 0.1) is 13.8 Å². The van der Waals surface area contributed by atoms with E-state index in [1.807, 2.05) is 90.2 Å². The van der Waals surface area contributed by atoms with Crippen molar-refractivity contribution >= 4 is 44.0 Å². The van der Waals surface area contributed by atoms with Crippen LogP contribution < -0.4 is 11.1 Å².